The van der Waals surface area contributed by atoms with Gasteiger partial charge in [0.15, 0.2) is 11.6 Å². The first-order chi connectivity index (χ1) is 7.59. The Morgan fingerprint density at radius 1 is 1.44 bits per heavy atom. The van der Waals surface area contributed by atoms with Gasteiger partial charge in [0.05, 0.1) is 4.83 Å². The molecule has 0 aliphatic heterocycles. The van der Waals surface area contributed by atoms with Crippen LogP contribution in [0.4, 0.5) is 8.78 Å². The van der Waals surface area contributed by atoms with Gasteiger partial charge in [0.1, 0.15) is 5.78 Å². The molecule has 0 heterocycles. The summed E-state index contributed by atoms with van der Waals surface area (Å²) in [5.74, 6) is -1.49. The number of halogens is 3. The number of rotatable bonds is 4. The van der Waals surface area contributed by atoms with Crippen molar-refractivity contribution in [3.8, 4) is 0 Å². The van der Waals surface area contributed by atoms with Gasteiger partial charge >= 0.3 is 0 Å². The zero-order valence-corrected chi connectivity index (χ0v) is 10.1. The second-order valence-electron chi connectivity index (χ2n) is 4.06. The summed E-state index contributed by atoms with van der Waals surface area (Å²) in [7, 11) is 0. The predicted molar refractivity (Wildman–Crippen MR) is 60.5 cm³/mol. The summed E-state index contributed by atoms with van der Waals surface area (Å²) in [6.07, 6.45) is 2.05. The molecule has 1 atom stereocenters. The van der Waals surface area contributed by atoms with Gasteiger partial charge in [-0.1, -0.05) is 28.1 Å². The standard InChI is InChI=1S/C12H11BrF2O/c13-9(12(16)7-4-5-7)6-8-2-1-3-10(14)11(8)15/h1-3,7,9H,4-6H2. The Bertz CT molecular complexity index is 415. The van der Waals surface area contributed by atoms with Gasteiger partial charge in [0, 0.05) is 5.92 Å². The van der Waals surface area contributed by atoms with Crippen LogP contribution in [0.1, 0.15) is 18.4 Å². The topological polar surface area (TPSA) is 17.1 Å². The molecule has 1 aromatic rings. The molecule has 1 aromatic carbocycles. The number of alkyl halides is 1. The fourth-order valence-electron chi connectivity index (χ4n) is 1.62. The van der Waals surface area contributed by atoms with Gasteiger partial charge in [-0.15, -0.1) is 0 Å². The summed E-state index contributed by atoms with van der Waals surface area (Å²) in [6.45, 7) is 0. The minimum Gasteiger partial charge on any atom is -0.298 e. The largest absolute Gasteiger partial charge is 0.298 e. The average Bonchev–Trinajstić information content (AvgIpc) is 3.07. The first kappa shape index (κ1) is 11.7. The highest BCUT2D eigenvalue weighted by Gasteiger charge is 2.33. The third kappa shape index (κ3) is 2.48. The van der Waals surface area contributed by atoms with Crippen molar-refractivity contribution in [2.24, 2.45) is 5.92 Å². The molecule has 1 fully saturated rings. The van der Waals surface area contributed by atoms with Gasteiger partial charge < -0.3 is 0 Å². The van der Waals surface area contributed by atoms with Gasteiger partial charge in [0.2, 0.25) is 0 Å². The highest BCUT2D eigenvalue weighted by Crippen LogP contribution is 2.33. The summed E-state index contributed by atoms with van der Waals surface area (Å²) in [5, 5.41) is 0. The lowest BCUT2D eigenvalue weighted by Crippen LogP contribution is -2.19. The lowest BCUT2D eigenvalue weighted by molar-refractivity contribution is -0.119. The second-order valence-corrected chi connectivity index (χ2v) is 5.17. The zero-order valence-electron chi connectivity index (χ0n) is 8.55. The van der Waals surface area contributed by atoms with Crippen LogP contribution in [-0.4, -0.2) is 10.6 Å². The third-order valence-corrected chi connectivity index (χ3v) is 3.49. The SMILES string of the molecule is O=C(C(Br)Cc1cccc(F)c1F)C1CC1. The van der Waals surface area contributed by atoms with Crippen LogP contribution < -0.4 is 0 Å². The molecule has 1 nitrogen and oxygen atoms in total. The van der Waals surface area contributed by atoms with E-state index < -0.39 is 16.5 Å². The highest BCUT2D eigenvalue weighted by molar-refractivity contribution is 9.10. The van der Waals surface area contributed by atoms with Crippen LogP contribution >= 0.6 is 15.9 Å². The van der Waals surface area contributed by atoms with E-state index in [1.807, 2.05) is 0 Å². The molecule has 0 bridgehead atoms. The Labute approximate surface area is 101 Å². The molecule has 2 rings (SSSR count). The van der Waals surface area contributed by atoms with Crippen LogP contribution in [0, 0.1) is 17.6 Å². The average molecular weight is 289 g/mol. The summed E-state index contributed by atoms with van der Waals surface area (Å²) < 4.78 is 26.3. The third-order valence-electron chi connectivity index (χ3n) is 2.72. The molecule has 1 aliphatic rings. The van der Waals surface area contributed by atoms with Crippen LogP contribution in [-0.2, 0) is 11.2 Å². The van der Waals surface area contributed by atoms with Crippen molar-refractivity contribution in [2.45, 2.75) is 24.1 Å². The maximum atomic E-state index is 13.3. The van der Waals surface area contributed by atoms with Crippen molar-refractivity contribution >= 4 is 21.7 Å². The van der Waals surface area contributed by atoms with E-state index in [9.17, 15) is 13.6 Å². The Morgan fingerprint density at radius 3 is 2.75 bits per heavy atom. The molecule has 16 heavy (non-hydrogen) atoms. The van der Waals surface area contributed by atoms with Crippen molar-refractivity contribution in [3.05, 3.63) is 35.4 Å². The molecule has 0 radical (unpaired) electrons. The lowest BCUT2D eigenvalue weighted by Gasteiger charge is -2.09. The maximum absolute atomic E-state index is 13.3. The number of Topliss-reactive ketones (excluding diaryl/α,β-unsaturated/α-hetero) is 1. The molecule has 1 saturated carbocycles. The van der Waals surface area contributed by atoms with E-state index in [4.69, 9.17) is 0 Å². The molecule has 0 N–H and O–H groups in total. The van der Waals surface area contributed by atoms with E-state index in [0.717, 1.165) is 18.9 Å². The molecule has 0 spiro atoms. The van der Waals surface area contributed by atoms with Crippen LogP contribution in [0.25, 0.3) is 0 Å². The van der Waals surface area contributed by atoms with Gasteiger partial charge in [0.25, 0.3) is 0 Å². The number of carbonyl (C=O) groups is 1. The van der Waals surface area contributed by atoms with Crippen molar-refractivity contribution < 1.29 is 13.6 Å². The van der Waals surface area contributed by atoms with E-state index in [0.29, 0.717) is 0 Å². The van der Waals surface area contributed by atoms with Crippen molar-refractivity contribution in [3.63, 3.8) is 0 Å². The summed E-state index contributed by atoms with van der Waals surface area (Å²) in [5.41, 5.74) is 0.246. The predicted octanol–water partition coefficient (Wildman–Crippen LogP) is 3.25. The van der Waals surface area contributed by atoms with E-state index in [2.05, 4.69) is 15.9 Å². The molecule has 0 amide bonds. The number of ketones is 1. The van der Waals surface area contributed by atoms with E-state index in [1.165, 1.54) is 12.1 Å². The molecule has 86 valence electrons. The van der Waals surface area contributed by atoms with Crippen LogP contribution in [0.3, 0.4) is 0 Å². The molecule has 0 saturated heterocycles. The number of hydrogen-bond donors (Lipinski definition) is 0. The smallest absolute Gasteiger partial charge is 0.162 e. The summed E-state index contributed by atoms with van der Waals surface area (Å²) >= 11 is 3.24. The normalized spacial score (nSPS) is 17.2. The number of hydrogen-bond acceptors (Lipinski definition) is 1. The molecule has 1 unspecified atom stereocenters. The fraction of sp³-hybridized carbons (Fsp3) is 0.417. The molecule has 0 aromatic heterocycles. The first-order valence-corrected chi connectivity index (χ1v) is 6.12. The first-order valence-electron chi connectivity index (χ1n) is 5.20. The summed E-state index contributed by atoms with van der Waals surface area (Å²) in [6, 6.07) is 4.03. The molecule has 4 heteroatoms. The van der Waals surface area contributed by atoms with Crippen molar-refractivity contribution in [1.82, 2.24) is 0 Å². The van der Waals surface area contributed by atoms with Crippen LogP contribution in [0.2, 0.25) is 0 Å². The lowest BCUT2D eigenvalue weighted by atomic mass is 10.0. The summed E-state index contributed by atoms with van der Waals surface area (Å²) in [4.78, 5) is 11.2. The highest BCUT2D eigenvalue weighted by atomic mass is 79.9. The second kappa shape index (κ2) is 4.62. The zero-order chi connectivity index (χ0) is 11.7. The van der Waals surface area contributed by atoms with Crippen LogP contribution in [0.15, 0.2) is 18.2 Å². The van der Waals surface area contributed by atoms with Crippen molar-refractivity contribution in [1.29, 1.82) is 0 Å². The Morgan fingerprint density at radius 2 is 2.12 bits per heavy atom. The Balaban J connectivity index is 2.08. The van der Waals surface area contributed by atoms with Gasteiger partial charge in [-0.2, -0.15) is 0 Å². The number of carbonyl (C=O) groups excluding carboxylic acids is 1. The Kier molecular flexibility index (Phi) is 3.38. The molecule has 1 aliphatic carbocycles. The maximum Gasteiger partial charge on any atom is 0.162 e. The van der Waals surface area contributed by atoms with Crippen molar-refractivity contribution in [2.75, 3.05) is 0 Å². The van der Waals surface area contributed by atoms with E-state index in [1.54, 1.807) is 0 Å². The molecular formula is C12H11BrF2O. The van der Waals surface area contributed by atoms with Gasteiger partial charge in [-0.05, 0) is 30.9 Å². The van der Waals surface area contributed by atoms with E-state index in [-0.39, 0.29) is 23.7 Å². The quantitative estimate of drug-likeness (QED) is 0.778. The van der Waals surface area contributed by atoms with Crippen LogP contribution in [0.5, 0.6) is 0 Å². The Hall–Kier alpha value is -0.770. The van der Waals surface area contributed by atoms with E-state index >= 15 is 0 Å². The number of benzene rings is 1. The minimum absolute atomic E-state index is 0.101. The minimum atomic E-state index is -0.865. The fourth-order valence-corrected chi connectivity index (χ4v) is 2.35. The monoisotopic (exact) mass is 288 g/mol. The molecular weight excluding hydrogens is 278 g/mol. The van der Waals surface area contributed by atoms with Gasteiger partial charge in [-0.25, -0.2) is 8.78 Å². The van der Waals surface area contributed by atoms with Gasteiger partial charge in [-0.3, -0.25) is 4.79 Å².